The van der Waals surface area contributed by atoms with Gasteiger partial charge in [-0.3, -0.25) is 0 Å². The van der Waals surface area contributed by atoms with Crippen molar-refractivity contribution in [3.63, 3.8) is 0 Å². The largest absolute Gasteiger partial charge is 0.416 e. The van der Waals surface area contributed by atoms with Crippen LogP contribution in [0, 0.1) is 11.8 Å². The molecule has 0 spiro atoms. The van der Waals surface area contributed by atoms with E-state index in [0.29, 0.717) is 12.1 Å². The summed E-state index contributed by atoms with van der Waals surface area (Å²) in [4.78, 5) is 2.46. The lowest BCUT2D eigenvalue weighted by molar-refractivity contribution is 0.192. The Bertz CT molecular complexity index is 616. The molecule has 0 N–H and O–H groups in total. The SMILES string of the molecule is CC/C(C#Cc1ccccc1)=C1/CC(C)OB1N(C(C)C)C(C)C. The molecule has 128 valence electrons. The molecule has 1 aromatic carbocycles. The monoisotopic (exact) mass is 323 g/mol. The average molecular weight is 323 g/mol. The number of hydrogen-bond acceptors (Lipinski definition) is 2. The fourth-order valence-electron chi connectivity index (χ4n) is 3.49. The number of nitrogens with zero attached hydrogens (tertiary/aromatic N) is 1. The Kier molecular flexibility index (Phi) is 6.72. The summed E-state index contributed by atoms with van der Waals surface area (Å²) in [5, 5.41) is 0. The first-order chi connectivity index (χ1) is 11.4. The van der Waals surface area contributed by atoms with Crippen LogP contribution in [0.2, 0.25) is 0 Å². The van der Waals surface area contributed by atoms with Gasteiger partial charge in [-0.15, -0.1) is 0 Å². The molecule has 0 aromatic heterocycles. The molecule has 1 atom stereocenters. The maximum absolute atomic E-state index is 6.29. The van der Waals surface area contributed by atoms with Gasteiger partial charge in [-0.1, -0.05) is 64.7 Å². The molecule has 24 heavy (non-hydrogen) atoms. The van der Waals surface area contributed by atoms with E-state index >= 15 is 0 Å². The second-order valence-electron chi connectivity index (χ2n) is 7.11. The van der Waals surface area contributed by atoms with Gasteiger partial charge in [0.15, 0.2) is 0 Å². The van der Waals surface area contributed by atoms with Gasteiger partial charge in [0.25, 0.3) is 0 Å². The molecule has 1 aliphatic heterocycles. The quantitative estimate of drug-likeness (QED) is 0.588. The van der Waals surface area contributed by atoms with Gasteiger partial charge in [-0.25, -0.2) is 0 Å². The fourth-order valence-corrected chi connectivity index (χ4v) is 3.49. The topological polar surface area (TPSA) is 12.5 Å². The summed E-state index contributed by atoms with van der Waals surface area (Å²) in [5.41, 5.74) is 3.67. The van der Waals surface area contributed by atoms with E-state index in [4.69, 9.17) is 4.65 Å². The lowest BCUT2D eigenvalue weighted by Crippen LogP contribution is -2.49. The van der Waals surface area contributed by atoms with Crippen molar-refractivity contribution in [1.82, 2.24) is 4.81 Å². The van der Waals surface area contributed by atoms with E-state index in [1.54, 1.807) is 0 Å². The van der Waals surface area contributed by atoms with Crippen LogP contribution in [0.15, 0.2) is 41.4 Å². The summed E-state index contributed by atoms with van der Waals surface area (Å²) in [6.07, 6.45) is 2.18. The van der Waals surface area contributed by atoms with E-state index in [1.165, 1.54) is 11.0 Å². The third-order valence-electron chi connectivity index (χ3n) is 4.50. The zero-order valence-corrected chi connectivity index (χ0v) is 16.0. The smallest absolute Gasteiger partial charge is 0.415 e. The molecule has 0 radical (unpaired) electrons. The van der Waals surface area contributed by atoms with Crippen molar-refractivity contribution in [2.75, 3.05) is 0 Å². The van der Waals surface area contributed by atoms with E-state index in [0.717, 1.165) is 18.4 Å². The molecule has 1 unspecified atom stereocenters. The highest BCUT2D eigenvalue weighted by Crippen LogP contribution is 2.31. The molecule has 1 heterocycles. The van der Waals surface area contributed by atoms with Crippen molar-refractivity contribution in [3.05, 3.63) is 46.9 Å². The Labute approximate surface area is 148 Å². The van der Waals surface area contributed by atoms with Crippen molar-refractivity contribution in [3.8, 4) is 11.8 Å². The van der Waals surface area contributed by atoms with Crippen molar-refractivity contribution in [2.45, 2.75) is 72.6 Å². The number of allylic oxidation sites excluding steroid dienone is 1. The van der Waals surface area contributed by atoms with Crippen molar-refractivity contribution in [1.29, 1.82) is 0 Å². The molecule has 3 heteroatoms. The summed E-state index contributed by atoms with van der Waals surface area (Å²) < 4.78 is 6.29. The summed E-state index contributed by atoms with van der Waals surface area (Å²) in [5.74, 6) is 6.76. The molecule has 1 aromatic rings. The molecular weight excluding hydrogens is 293 g/mol. The number of rotatable bonds is 4. The molecule has 1 aliphatic rings. The molecule has 1 fully saturated rings. The first-order valence-corrected chi connectivity index (χ1v) is 9.15. The van der Waals surface area contributed by atoms with E-state index in [9.17, 15) is 0 Å². The first kappa shape index (κ1) is 18.8. The average Bonchev–Trinajstić information content (AvgIpc) is 2.89. The standard InChI is InChI=1S/C21H30BNO/c1-7-20(14-13-19-11-9-8-10-12-19)21-15-18(6)24-22(21)23(16(2)3)17(4)5/h8-12,16-18H,7,15H2,1-6H3/b21-20+. The Hall–Kier alpha value is -1.50. The van der Waals surface area contributed by atoms with Crippen LogP contribution in [0.25, 0.3) is 0 Å². The number of benzene rings is 1. The summed E-state index contributed by atoms with van der Waals surface area (Å²) >= 11 is 0. The summed E-state index contributed by atoms with van der Waals surface area (Å²) in [6.45, 7) is 13.3. The molecule has 0 aliphatic carbocycles. The zero-order valence-electron chi connectivity index (χ0n) is 16.0. The summed E-state index contributed by atoms with van der Waals surface area (Å²) in [7, 11) is 0.0556. The van der Waals surface area contributed by atoms with Crippen LogP contribution in [0.1, 0.15) is 59.9 Å². The second kappa shape index (κ2) is 8.56. The maximum Gasteiger partial charge on any atom is 0.416 e. The van der Waals surface area contributed by atoms with Crippen LogP contribution in [-0.4, -0.2) is 30.0 Å². The predicted octanol–water partition coefficient (Wildman–Crippen LogP) is 4.70. The minimum atomic E-state index is 0.0556. The molecule has 2 nitrogen and oxygen atoms in total. The molecular formula is C21H30BNO. The highest BCUT2D eigenvalue weighted by atomic mass is 16.5. The van der Waals surface area contributed by atoms with E-state index < -0.39 is 0 Å². The molecule has 0 bridgehead atoms. The van der Waals surface area contributed by atoms with Crippen molar-refractivity contribution in [2.24, 2.45) is 0 Å². The minimum absolute atomic E-state index is 0.0556. The highest BCUT2D eigenvalue weighted by molar-refractivity contribution is 6.59. The van der Waals surface area contributed by atoms with Gasteiger partial charge < -0.3 is 9.47 Å². The van der Waals surface area contributed by atoms with Crippen LogP contribution in [0.5, 0.6) is 0 Å². The summed E-state index contributed by atoms with van der Waals surface area (Å²) in [6, 6.07) is 11.1. The normalized spacial score (nSPS) is 19.9. The molecule has 0 saturated carbocycles. The van der Waals surface area contributed by atoms with Gasteiger partial charge >= 0.3 is 7.05 Å². The third kappa shape index (κ3) is 4.53. The van der Waals surface area contributed by atoms with Crippen LogP contribution in [0.4, 0.5) is 0 Å². The van der Waals surface area contributed by atoms with Gasteiger partial charge in [0, 0.05) is 11.7 Å². The van der Waals surface area contributed by atoms with Gasteiger partial charge in [0.05, 0.1) is 0 Å². The van der Waals surface area contributed by atoms with Crippen LogP contribution in [-0.2, 0) is 4.65 Å². The Morgan fingerprint density at radius 3 is 2.38 bits per heavy atom. The van der Waals surface area contributed by atoms with E-state index in [-0.39, 0.29) is 13.2 Å². The third-order valence-corrected chi connectivity index (χ3v) is 4.50. The van der Waals surface area contributed by atoms with Crippen molar-refractivity contribution >= 4 is 7.05 Å². The Balaban J connectivity index is 2.39. The Morgan fingerprint density at radius 2 is 1.83 bits per heavy atom. The number of hydrogen-bond donors (Lipinski definition) is 0. The highest BCUT2D eigenvalue weighted by Gasteiger charge is 2.41. The predicted molar refractivity (Wildman–Crippen MR) is 104 cm³/mol. The van der Waals surface area contributed by atoms with Gasteiger partial charge in [-0.2, -0.15) is 0 Å². The molecule has 1 saturated heterocycles. The van der Waals surface area contributed by atoms with Crippen molar-refractivity contribution < 1.29 is 4.65 Å². The lowest BCUT2D eigenvalue weighted by atomic mass is 9.67. The van der Waals surface area contributed by atoms with E-state index in [1.807, 2.05) is 18.2 Å². The zero-order chi connectivity index (χ0) is 17.7. The fraction of sp³-hybridized carbons (Fsp3) is 0.524. The molecule has 0 amide bonds. The maximum atomic E-state index is 6.29. The lowest BCUT2D eigenvalue weighted by Gasteiger charge is -2.34. The van der Waals surface area contributed by atoms with Gasteiger partial charge in [0.1, 0.15) is 0 Å². The Morgan fingerprint density at radius 1 is 1.21 bits per heavy atom. The minimum Gasteiger partial charge on any atom is -0.415 e. The first-order valence-electron chi connectivity index (χ1n) is 9.15. The second-order valence-corrected chi connectivity index (χ2v) is 7.11. The van der Waals surface area contributed by atoms with Crippen LogP contribution < -0.4 is 0 Å². The van der Waals surface area contributed by atoms with Crippen LogP contribution >= 0.6 is 0 Å². The van der Waals surface area contributed by atoms with E-state index in [2.05, 4.69) is 70.3 Å². The molecule has 2 rings (SSSR count). The van der Waals surface area contributed by atoms with Gasteiger partial charge in [0.2, 0.25) is 0 Å². The van der Waals surface area contributed by atoms with Crippen LogP contribution in [0.3, 0.4) is 0 Å². The van der Waals surface area contributed by atoms with Gasteiger partial charge in [-0.05, 0) is 55.0 Å².